The zero-order valence-corrected chi connectivity index (χ0v) is 31.0. The molecule has 4 aromatic rings. The number of phenols is 1. The molecule has 0 radical (unpaired) electrons. The Hall–Kier alpha value is -3.17. The molecule has 0 bridgehead atoms. The van der Waals surface area contributed by atoms with Crippen molar-refractivity contribution >= 4 is 22.4 Å². The van der Waals surface area contributed by atoms with Crippen LogP contribution in [0.5, 0.6) is 17.4 Å². The number of fused-ring (bicyclic) bond motifs is 2. The van der Waals surface area contributed by atoms with Crippen LogP contribution in [0.4, 0.5) is 5.69 Å². The van der Waals surface area contributed by atoms with Crippen LogP contribution in [-0.2, 0) is 21.1 Å². The number of phenolic OH excluding ortho intramolecular Hbond substituents is 1. The molecule has 2 heterocycles. The Morgan fingerprint density at radius 2 is 1.63 bits per heavy atom. The maximum absolute atomic E-state index is 10.6. The molecule has 0 unspecified atom stereocenters. The van der Waals surface area contributed by atoms with E-state index in [9.17, 15) is 5.11 Å². The molecule has 3 aromatic carbocycles. The monoisotopic (exact) mass is 797 g/mol. The molecule has 1 aliphatic heterocycles. The van der Waals surface area contributed by atoms with Crippen molar-refractivity contribution in [3.8, 4) is 17.4 Å². The molecule has 2 atom stereocenters. The van der Waals surface area contributed by atoms with E-state index in [1.807, 2.05) is 25.1 Å². The zero-order chi connectivity index (χ0) is 32.2. The van der Waals surface area contributed by atoms with Gasteiger partial charge in [-0.1, -0.05) is 85.7 Å². The zero-order valence-electron chi connectivity index (χ0n) is 28.7. The summed E-state index contributed by atoms with van der Waals surface area (Å²) in [5.41, 5.74) is 7.95. The number of benzene rings is 3. The first-order valence-electron chi connectivity index (χ1n) is 16.7. The van der Waals surface area contributed by atoms with Crippen molar-refractivity contribution in [2.45, 2.75) is 111 Å². The summed E-state index contributed by atoms with van der Waals surface area (Å²) in [6.45, 7) is 20.3. The van der Waals surface area contributed by atoms with Crippen molar-refractivity contribution in [2.24, 2.45) is 10.4 Å². The van der Waals surface area contributed by atoms with E-state index in [1.54, 1.807) is 6.07 Å². The van der Waals surface area contributed by atoms with Crippen LogP contribution in [0.3, 0.4) is 0 Å². The first-order chi connectivity index (χ1) is 21.3. The summed E-state index contributed by atoms with van der Waals surface area (Å²) in [4.78, 5) is 12.8. The summed E-state index contributed by atoms with van der Waals surface area (Å²) in [5.74, 6) is 3.22. The van der Waals surface area contributed by atoms with Crippen LogP contribution in [-0.4, -0.2) is 28.0 Å². The first-order valence-corrected chi connectivity index (χ1v) is 16.7. The van der Waals surface area contributed by atoms with Gasteiger partial charge in [-0.05, 0) is 84.2 Å². The van der Waals surface area contributed by atoms with Crippen LogP contribution in [0.15, 0.2) is 59.6 Å². The standard InChI is InChI=1S/C40H48N3O2.Pt/c1-23(2)28-19-29(21-30(20-28)45-36-14-13-27-17-26(7)18-35(44)37(27)42-36)39-41-33-22-40(8,9)16-15-34(33)43(39)38-31(24(3)4)11-10-12-32(38)25(5)6;/h10-14,17-20,23-25,33-34,44H,15-16,22H2,1-9H3;/q-1;/t33-,34-;/m0./s1. The summed E-state index contributed by atoms with van der Waals surface area (Å²) in [5, 5.41) is 11.5. The van der Waals surface area contributed by atoms with Crippen LogP contribution < -0.4 is 9.64 Å². The van der Waals surface area contributed by atoms with Crippen LogP contribution in [0.1, 0.15) is 120 Å². The van der Waals surface area contributed by atoms with Gasteiger partial charge in [-0.3, -0.25) is 0 Å². The number of para-hydroxylation sites is 1. The van der Waals surface area contributed by atoms with E-state index in [4.69, 9.17) is 9.73 Å². The second-order valence-electron chi connectivity index (χ2n) is 14.9. The Bertz CT molecular complexity index is 1750. The molecule has 246 valence electrons. The number of amidine groups is 1. The molecule has 0 spiro atoms. The molecule has 0 saturated heterocycles. The van der Waals surface area contributed by atoms with Crippen molar-refractivity contribution in [1.29, 1.82) is 0 Å². The average molecular weight is 798 g/mol. The third kappa shape index (κ3) is 6.63. The quantitative estimate of drug-likeness (QED) is 0.189. The number of aryl methyl sites for hydroxylation is 1. The normalized spacial score (nSPS) is 19.0. The number of anilines is 1. The molecule has 1 saturated carbocycles. The van der Waals surface area contributed by atoms with Gasteiger partial charge >= 0.3 is 0 Å². The molecule has 1 aliphatic carbocycles. The number of ether oxygens (including phenoxy) is 1. The van der Waals surface area contributed by atoms with Gasteiger partial charge in [0.2, 0.25) is 5.88 Å². The SMILES string of the molecule is Cc1cc(O)c2nc(Oc3[c-]c(C4=N[C@H]5CC(C)(C)CC[C@@H]5N4c4c(C(C)C)cccc4C(C)C)cc(C(C)C)c3)ccc2c1.[Pt]. The minimum absolute atomic E-state index is 0. The van der Waals surface area contributed by atoms with Crippen molar-refractivity contribution in [2.75, 3.05) is 4.90 Å². The Balaban J connectivity index is 0.00000417. The minimum Gasteiger partial charge on any atom is -0.506 e. The van der Waals surface area contributed by atoms with E-state index in [0.29, 0.717) is 35.0 Å². The van der Waals surface area contributed by atoms with Gasteiger partial charge in [-0.25, -0.2) is 4.98 Å². The smallest absolute Gasteiger partial charge is 0.217 e. The topological polar surface area (TPSA) is 58.0 Å². The molecule has 2 aliphatic rings. The van der Waals surface area contributed by atoms with Gasteiger partial charge in [0, 0.05) is 50.0 Å². The van der Waals surface area contributed by atoms with E-state index in [1.165, 1.54) is 23.2 Å². The third-order valence-electron chi connectivity index (χ3n) is 9.63. The number of aromatic hydroxyl groups is 1. The second kappa shape index (κ2) is 13.1. The third-order valence-corrected chi connectivity index (χ3v) is 9.63. The Morgan fingerprint density at radius 1 is 0.935 bits per heavy atom. The predicted octanol–water partition coefficient (Wildman–Crippen LogP) is 10.4. The number of hydrogen-bond acceptors (Lipinski definition) is 5. The van der Waals surface area contributed by atoms with Crippen molar-refractivity contribution < 1.29 is 30.9 Å². The van der Waals surface area contributed by atoms with Gasteiger partial charge in [-0.15, -0.1) is 17.2 Å². The van der Waals surface area contributed by atoms with Gasteiger partial charge in [-0.2, -0.15) is 0 Å². The fraction of sp³-hybridized carbons (Fsp3) is 0.450. The van der Waals surface area contributed by atoms with Gasteiger partial charge in [0.05, 0.1) is 11.9 Å². The maximum Gasteiger partial charge on any atom is 0.217 e. The Morgan fingerprint density at radius 3 is 2.28 bits per heavy atom. The fourth-order valence-corrected chi connectivity index (χ4v) is 7.19. The Labute approximate surface area is 289 Å². The van der Waals surface area contributed by atoms with E-state index in [0.717, 1.165) is 40.8 Å². The summed E-state index contributed by atoms with van der Waals surface area (Å²) in [6.07, 6.45) is 3.35. The molecular weight excluding hydrogens is 750 g/mol. The Kier molecular flexibility index (Phi) is 9.77. The van der Waals surface area contributed by atoms with Gasteiger partial charge in [0.15, 0.2) is 0 Å². The van der Waals surface area contributed by atoms with Crippen LogP contribution in [0.25, 0.3) is 10.9 Å². The summed E-state index contributed by atoms with van der Waals surface area (Å²) < 4.78 is 6.43. The number of pyridine rings is 1. The molecule has 1 fully saturated rings. The number of hydrogen-bond donors (Lipinski definition) is 1. The van der Waals surface area contributed by atoms with E-state index in [2.05, 4.69) is 102 Å². The molecule has 6 rings (SSSR count). The predicted molar refractivity (Wildman–Crippen MR) is 186 cm³/mol. The van der Waals surface area contributed by atoms with E-state index >= 15 is 0 Å². The van der Waals surface area contributed by atoms with Gasteiger partial charge in [0.1, 0.15) is 11.3 Å². The second-order valence-corrected chi connectivity index (χ2v) is 14.9. The van der Waals surface area contributed by atoms with Gasteiger partial charge in [0.25, 0.3) is 0 Å². The maximum atomic E-state index is 10.6. The first kappa shape index (κ1) is 34.2. The largest absolute Gasteiger partial charge is 0.506 e. The van der Waals surface area contributed by atoms with Crippen LogP contribution >= 0.6 is 0 Å². The molecule has 0 amide bonds. The van der Waals surface area contributed by atoms with Crippen LogP contribution in [0.2, 0.25) is 0 Å². The minimum atomic E-state index is 0. The van der Waals surface area contributed by atoms with Crippen molar-refractivity contribution in [3.05, 3.63) is 88.5 Å². The molecule has 5 nitrogen and oxygen atoms in total. The number of rotatable bonds is 7. The van der Waals surface area contributed by atoms with Gasteiger partial charge < -0.3 is 19.7 Å². The molecule has 46 heavy (non-hydrogen) atoms. The van der Waals surface area contributed by atoms with E-state index in [-0.39, 0.29) is 44.2 Å². The number of nitrogens with zero attached hydrogens (tertiary/aromatic N) is 3. The fourth-order valence-electron chi connectivity index (χ4n) is 7.19. The summed E-state index contributed by atoms with van der Waals surface area (Å²) >= 11 is 0. The van der Waals surface area contributed by atoms with Crippen molar-refractivity contribution in [1.82, 2.24) is 4.98 Å². The number of aromatic nitrogens is 1. The number of aliphatic imine (C=N–C) groups is 1. The van der Waals surface area contributed by atoms with Crippen molar-refractivity contribution in [3.63, 3.8) is 0 Å². The van der Waals surface area contributed by atoms with E-state index < -0.39 is 0 Å². The van der Waals surface area contributed by atoms with Crippen LogP contribution in [0, 0.1) is 18.4 Å². The molecule has 6 heteroatoms. The summed E-state index contributed by atoms with van der Waals surface area (Å²) in [7, 11) is 0. The molecular formula is C40H48N3O2Pt-. The molecule has 1 N–H and O–H groups in total. The molecule has 1 aromatic heterocycles. The average Bonchev–Trinajstić information content (AvgIpc) is 3.34. The summed E-state index contributed by atoms with van der Waals surface area (Å²) in [6, 6.07) is 22.8.